The van der Waals surface area contributed by atoms with E-state index in [0.29, 0.717) is 10.7 Å². The molecule has 0 aliphatic rings. The monoisotopic (exact) mass is 218 g/mol. The molecule has 1 rings (SSSR count). The van der Waals surface area contributed by atoms with Gasteiger partial charge in [-0.1, -0.05) is 35.8 Å². The van der Waals surface area contributed by atoms with Gasteiger partial charge in [0.1, 0.15) is 0 Å². The van der Waals surface area contributed by atoms with Gasteiger partial charge in [-0.25, -0.2) is 0 Å². The molecule has 0 aliphatic carbocycles. The topological polar surface area (TPSA) is 0 Å². The predicted molar refractivity (Wildman–Crippen MR) is 51.1 cm³/mol. The highest BCUT2D eigenvalue weighted by Crippen LogP contribution is 2.27. The van der Waals surface area contributed by atoms with Crippen LogP contribution in [0, 0.1) is 0 Å². The fourth-order valence-corrected chi connectivity index (χ4v) is 2.13. The number of thiophene rings is 1. The third-order valence-corrected chi connectivity index (χ3v) is 3.55. The molecule has 1 aromatic rings. The van der Waals surface area contributed by atoms with Gasteiger partial charge < -0.3 is 0 Å². The van der Waals surface area contributed by atoms with E-state index in [4.69, 9.17) is 0 Å². The van der Waals surface area contributed by atoms with Crippen molar-refractivity contribution in [3.8, 4) is 0 Å². The Morgan fingerprint density at radius 3 is 2.60 bits per heavy atom. The molecule has 0 fully saturated rings. The second-order valence-electron chi connectivity index (χ2n) is 2.48. The van der Waals surface area contributed by atoms with Crippen molar-refractivity contribution in [3.63, 3.8) is 0 Å². The van der Waals surface area contributed by atoms with Gasteiger partial charge in [0.15, 0.2) is 0 Å². The van der Waals surface area contributed by atoms with Gasteiger partial charge in [-0.3, -0.25) is 0 Å². The third kappa shape index (κ3) is 1.83. The highest BCUT2D eigenvalue weighted by Gasteiger charge is 2.10. The van der Waals surface area contributed by atoms with E-state index < -0.39 is 0 Å². The summed E-state index contributed by atoms with van der Waals surface area (Å²) < 4.78 is 0. The van der Waals surface area contributed by atoms with Gasteiger partial charge in [0, 0.05) is 15.6 Å². The highest BCUT2D eigenvalue weighted by atomic mass is 79.9. The molecule has 2 heteroatoms. The van der Waals surface area contributed by atoms with E-state index in [2.05, 4.69) is 47.3 Å². The minimum atomic E-state index is 0.575. The molecule has 1 aromatic heterocycles. The molecular formula is C8H11BrS. The minimum Gasteiger partial charge on any atom is -0.149 e. The summed E-state index contributed by atoms with van der Waals surface area (Å²) in [6.45, 7) is 4.43. The smallest absolute Gasteiger partial charge is 0.0191 e. The summed E-state index contributed by atoms with van der Waals surface area (Å²) in [5.41, 5.74) is 0. The van der Waals surface area contributed by atoms with E-state index in [0.717, 1.165) is 0 Å². The summed E-state index contributed by atoms with van der Waals surface area (Å²) in [4.78, 5) is 2.04. The summed E-state index contributed by atoms with van der Waals surface area (Å²) in [5.74, 6) is 0.639. The fourth-order valence-electron chi connectivity index (χ4n) is 0.777. The zero-order valence-electron chi connectivity index (χ0n) is 6.17. The molecule has 0 saturated heterocycles. The zero-order chi connectivity index (χ0) is 7.56. The van der Waals surface area contributed by atoms with Crippen molar-refractivity contribution >= 4 is 27.3 Å². The van der Waals surface area contributed by atoms with E-state index >= 15 is 0 Å². The van der Waals surface area contributed by atoms with Gasteiger partial charge in [-0.2, -0.15) is 0 Å². The van der Waals surface area contributed by atoms with Crippen LogP contribution in [0.25, 0.3) is 0 Å². The Morgan fingerprint density at radius 1 is 1.50 bits per heavy atom. The quantitative estimate of drug-likeness (QED) is 0.666. The second-order valence-corrected chi connectivity index (χ2v) is 4.91. The summed E-state index contributed by atoms with van der Waals surface area (Å²) in [5, 5.41) is 2.13. The molecular weight excluding hydrogens is 208 g/mol. The highest BCUT2D eigenvalue weighted by molar-refractivity contribution is 9.09. The van der Waals surface area contributed by atoms with Crippen LogP contribution in [0.5, 0.6) is 0 Å². The number of alkyl halides is 1. The van der Waals surface area contributed by atoms with Crippen LogP contribution < -0.4 is 0 Å². The van der Waals surface area contributed by atoms with Crippen molar-refractivity contribution in [1.82, 2.24) is 0 Å². The Morgan fingerprint density at radius 2 is 2.20 bits per heavy atom. The van der Waals surface area contributed by atoms with Gasteiger partial charge in [0.25, 0.3) is 0 Å². The number of hydrogen-bond acceptors (Lipinski definition) is 1. The van der Waals surface area contributed by atoms with Crippen LogP contribution in [0.4, 0.5) is 0 Å². The molecule has 0 saturated carbocycles. The van der Waals surface area contributed by atoms with Crippen molar-refractivity contribution in [3.05, 3.63) is 22.4 Å². The van der Waals surface area contributed by atoms with Gasteiger partial charge in [0.05, 0.1) is 0 Å². The molecule has 56 valence electrons. The van der Waals surface area contributed by atoms with E-state index in [1.165, 1.54) is 4.88 Å². The minimum absolute atomic E-state index is 0.575. The van der Waals surface area contributed by atoms with Crippen molar-refractivity contribution in [1.29, 1.82) is 0 Å². The van der Waals surface area contributed by atoms with E-state index in [1.54, 1.807) is 0 Å². The lowest BCUT2D eigenvalue weighted by Gasteiger charge is -2.10. The molecule has 0 spiro atoms. The maximum Gasteiger partial charge on any atom is 0.0191 e. The summed E-state index contributed by atoms with van der Waals surface area (Å²) >= 11 is 5.40. The predicted octanol–water partition coefficient (Wildman–Crippen LogP) is 3.64. The normalized spacial score (nSPS) is 16.7. The van der Waals surface area contributed by atoms with Crippen LogP contribution in [-0.2, 0) is 0 Å². The molecule has 0 aromatic carbocycles. The SMILES string of the molecule is C[C@H](c1cccs1)[C@@H](C)Br. The molecule has 0 unspecified atom stereocenters. The molecule has 0 nitrogen and oxygen atoms in total. The second kappa shape index (κ2) is 3.54. The molecule has 2 atom stereocenters. The summed E-state index contributed by atoms with van der Waals surface area (Å²) in [7, 11) is 0. The van der Waals surface area contributed by atoms with E-state index in [-0.39, 0.29) is 0 Å². The Balaban J connectivity index is 2.68. The van der Waals surface area contributed by atoms with Crippen molar-refractivity contribution in [2.75, 3.05) is 0 Å². The fraction of sp³-hybridized carbons (Fsp3) is 0.500. The first-order chi connectivity index (χ1) is 4.72. The van der Waals surface area contributed by atoms with Gasteiger partial charge in [-0.05, 0) is 11.4 Å². The molecule has 0 aliphatic heterocycles. The molecule has 0 N–H and O–H groups in total. The zero-order valence-corrected chi connectivity index (χ0v) is 8.58. The lowest BCUT2D eigenvalue weighted by Crippen LogP contribution is -2.01. The standard InChI is InChI=1S/C8H11BrS/c1-6(7(2)9)8-4-3-5-10-8/h3-7H,1-2H3/t6-,7+/m0/s1. The molecule has 10 heavy (non-hydrogen) atoms. The van der Waals surface area contributed by atoms with E-state index in [1.807, 2.05) is 11.3 Å². The number of halogens is 1. The summed E-state index contributed by atoms with van der Waals surface area (Å²) in [6, 6.07) is 4.29. The Bertz CT molecular complexity index is 179. The first kappa shape index (κ1) is 8.28. The van der Waals surface area contributed by atoms with Crippen LogP contribution in [0.3, 0.4) is 0 Å². The average Bonchev–Trinajstić information content (AvgIpc) is 2.36. The van der Waals surface area contributed by atoms with Crippen LogP contribution in [-0.4, -0.2) is 4.83 Å². The molecule has 0 bridgehead atoms. The third-order valence-electron chi connectivity index (χ3n) is 1.68. The largest absolute Gasteiger partial charge is 0.149 e. The first-order valence-corrected chi connectivity index (χ1v) is 5.19. The van der Waals surface area contributed by atoms with Crippen LogP contribution in [0.2, 0.25) is 0 Å². The number of rotatable bonds is 2. The Labute approximate surface area is 74.4 Å². The van der Waals surface area contributed by atoms with Gasteiger partial charge in [-0.15, -0.1) is 11.3 Å². The average molecular weight is 219 g/mol. The molecule has 0 radical (unpaired) electrons. The maximum atomic E-state index is 3.57. The van der Waals surface area contributed by atoms with Gasteiger partial charge >= 0.3 is 0 Å². The van der Waals surface area contributed by atoms with Crippen molar-refractivity contribution in [2.24, 2.45) is 0 Å². The van der Waals surface area contributed by atoms with Crippen molar-refractivity contribution in [2.45, 2.75) is 24.6 Å². The first-order valence-electron chi connectivity index (χ1n) is 3.39. The van der Waals surface area contributed by atoms with Gasteiger partial charge in [0.2, 0.25) is 0 Å². The lowest BCUT2D eigenvalue weighted by atomic mass is 10.1. The summed E-state index contributed by atoms with van der Waals surface area (Å²) in [6.07, 6.45) is 0. The number of hydrogen-bond donors (Lipinski definition) is 0. The van der Waals surface area contributed by atoms with E-state index in [9.17, 15) is 0 Å². The Hall–Kier alpha value is 0.180. The lowest BCUT2D eigenvalue weighted by molar-refractivity contribution is 0.777. The van der Waals surface area contributed by atoms with Crippen LogP contribution in [0.15, 0.2) is 17.5 Å². The van der Waals surface area contributed by atoms with Crippen LogP contribution in [0.1, 0.15) is 24.6 Å². The van der Waals surface area contributed by atoms with Crippen molar-refractivity contribution < 1.29 is 0 Å². The molecule has 1 heterocycles. The molecule has 0 amide bonds. The Kier molecular flexibility index (Phi) is 2.93. The maximum absolute atomic E-state index is 3.57. The van der Waals surface area contributed by atoms with Crippen LogP contribution >= 0.6 is 27.3 Å².